The maximum Gasteiger partial charge on any atom is 0.310 e. The number of rotatable bonds is 4. The minimum absolute atomic E-state index is 0.0129. The standard InChI is InChI=1S/C29H44O6/c1-17-10-13-29(23(33)34)15-14-26(5)18(21(29)28(17,7)35)8-9-20-25(4,16-30)19(11-12-27(20,26)6)24(2,3)22(31)32/h8,16-17,19-21,35H,9-15H2,1-7H3,(H,31,32)(H,33,34)/t17-,19?,20-,21-,25+,26-,27-,28-,29+/m1/s1. The molecule has 4 aliphatic rings. The molecule has 0 aromatic carbocycles. The molecule has 4 aliphatic carbocycles. The van der Waals surface area contributed by atoms with Crippen LogP contribution in [0.2, 0.25) is 0 Å². The Bertz CT molecular complexity index is 980. The lowest BCUT2D eigenvalue weighted by molar-refractivity contribution is -0.202. The minimum Gasteiger partial charge on any atom is -0.481 e. The molecule has 35 heavy (non-hydrogen) atoms. The fourth-order valence-corrected chi connectivity index (χ4v) is 9.60. The molecule has 9 atom stereocenters. The molecular formula is C29H44O6. The van der Waals surface area contributed by atoms with E-state index in [0.717, 1.165) is 18.3 Å². The average Bonchev–Trinajstić information content (AvgIpc) is 2.76. The highest BCUT2D eigenvalue weighted by Crippen LogP contribution is 2.74. The largest absolute Gasteiger partial charge is 0.481 e. The van der Waals surface area contributed by atoms with Gasteiger partial charge in [0.1, 0.15) is 6.29 Å². The van der Waals surface area contributed by atoms with Gasteiger partial charge in [-0.25, -0.2) is 0 Å². The third kappa shape index (κ3) is 3.07. The smallest absolute Gasteiger partial charge is 0.310 e. The van der Waals surface area contributed by atoms with Gasteiger partial charge in [-0.3, -0.25) is 9.59 Å². The van der Waals surface area contributed by atoms with Crippen LogP contribution in [-0.2, 0) is 14.4 Å². The monoisotopic (exact) mass is 488 g/mol. The summed E-state index contributed by atoms with van der Waals surface area (Å²) < 4.78 is 0. The first-order chi connectivity index (χ1) is 16.0. The van der Waals surface area contributed by atoms with Gasteiger partial charge >= 0.3 is 11.9 Å². The molecule has 6 nitrogen and oxygen atoms in total. The number of carbonyl (C=O) groups is 3. The van der Waals surface area contributed by atoms with Crippen LogP contribution in [0.5, 0.6) is 0 Å². The highest BCUT2D eigenvalue weighted by atomic mass is 16.4. The predicted molar refractivity (Wildman–Crippen MR) is 133 cm³/mol. The SMILES string of the molecule is C[C@@H]1CC[C@]2(C(=O)O)CC[C@]3(C)C(=CC[C@@H]4[C@@](C)(C=O)C(C(C)(C)C(=O)O)CC[C@]43C)[C@@H]2[C@]1(C)O. The molecule has 0 amide bonds. The molecule has 0 aromatic heterocycles. The molecule has 0 aliphatic heterocycles. The lowest BCUT2D eigenvalue weighted by Gasteiger charge is -2.69. The van der Waals surface area contributed by atoms with Crippen molar-refractivity contribution in [1.82, 2.24) is 0 Å². The summed E-state index contributed by atoms with van der Waals surface area (Å²) in [5, 5.41) is 32.3. The fraction of sp³-hybridized carbons (Fsp3) is 0.828. The van der Waals surface area contributed by atoms with Crippen molar-refractivity contribution >= 4 is 18.2 Å². The van der Waals surface area contributed by atoms with Crippen molar-refractivity contribution in [2.45, 2.75) is 99.0 Å². The Kier molecular flexibility index (Phi) is 5.77. The summed E-state index contributed by atoms with van der Waals surface area (Å²) in [4.78, 5) is 37.8. The van der Waals surface area contributed by atoms with E-state index in [1.54, 1.807) is 13.8 Å². The van der Waals surface area contributed by atoms with Gasteiger partial charge in [0.2, 0.25) is 0 Å². The molecule has 3 fully saturated rings. The Morgan fingerprint density at radius 1 is 1.03 bits per heavy atom. The van der Waals surface area contributed by atoms with Crippen molar-refractivity contribution in [3.05, 3.63) is 11.6 Å². The van der Waals surface area contributed by atoms with Crippen molar-refractivity contribution in [3.8, 4) is 0 Å². The Labute approximate surface area is 209 Å². The Hall–Kier alpha value is -1.69. The number of carboxylic acid groups (broad SMARTS) is 2. The van der Waals surface area contributed by atoms with Crippen molar-refractivity contribution in [2.75, 3.05) is 0 Å². The maximum atomic E-state index is 12.8. The minimum atomic E-state index is -1.14. The second-order valence-corrected chi connectivity index (χ2v) is 13.9. The van der Waals surface area contributed by atoms with Gasteiger partial charge in [0, 0.05) is 11.3 Å². The first-order valence-corrected chi connectivity index (χ1v) is 13.3. The van der Waals surface area contributed by atoms with E-state index in [2.05, 4.69) is 19.9 Å². The number of fused-ring (bicyclic) bond motifs is 5. The topological polar surface area (TPSA) is 112 Å². The zero-order valence-electron chi connectivity index (χ0n) is 22.5. The van der Waals surface area contributed by atoms with Gasteiger partial charge < -0.3 is 20.1 Å². The highest BCUT2D eigenvalue weighted by Gasteiger charge is 2.71. The number of aldehydes is 1. The lowest BCUT2D eigenvalue weighted by Crippen LogP contribution is -2.67. The number of hydrogen-bond donors (Lipinski definition) is 3. The van der Waals surface area contributed by atoms with E-state index in [0.29, 0.717) is 38.5 Å². The molecule has 0 radical (unpaired) electrons. The molecule has 3 saturated carbocycles. The van der Waals surface area contributed by atoms with E-state index >= 15 is 0 Å². The number of carboxylic acids is 2. The summed E-state index contributed by atoms with van der Waals surface area (Å²) in [7, 11) is 0. The highest BCUT2D eigenvalue weighted by molar-refractivity contribution is 5.77. The molecule has 0 heterocycles. The molecule has 196 valence electrons. The fourth-order valence-electron chi connectivity index (χ4n) is 9.60. The van der Waals surface area contributed by atoms with Crippen LogP contribution in [0.25, 0.3) is 0 Å². The zero-order chi connectivity index (χ0) is 26.4. The summed E-state index contributed by atoms with van der Waals surface area (Å²) in [6.45, 7) is 13.7. The number of hydrogen-bond acceptors (Lipinski definition) is 4. The second kappa shape index (κ2) is 7.66. The number of allylic oxidation sites excluding steroid dienone is 1. The Morgan fingerprint density at radius 2 is 1.66 bits per heavy atom. The first-order valence-electron chi connectivity index (χ1n) is 13.3. The van der Waals surface area contributed by atoms with Gasteiger partial charge in [-0.15, -0.1) is 0 Å². The van der Waals surface area contributed by atoms with Crippen molar-refractivity contribution < 1.29 is 29.7 Å². The van der Waals surface area contributed by atoms with Gasteiger partial charge in [0.05, 0.1) is 16.4 Å². The van der Waals surface area contributed by atoms with Crippen LogP contribution in [0.1, 0.15) is 93.4 Å². The van der Waals surface area contributed by atoms with Crippen LogP contribution in [-0.4, -0.2) is 39.1 Å². The Balaban J connectivity index is 1.88. The summed E-state index contributed by atoms with van der Waals surface area (Å²) in [6.07, 6.45) is 7.63. The van der Waals surface area contributed by atoms with Gasteiger partial charge in [0.25, 0.3) is 0 Å². The molecule has 0 bridgehead atoms. The summed E-state index contributed by atoms with van der Waals surface area (Å²) in [6, 6.07) is 0. The third-order valence-corrected chi connectivity index (χ3v) is 12.3. The molecule has 4 rings (SSSR count). The van der Waals surface area contributed by atoms with Gasteiger partial charge in [-0.1, -0.05) is 39.3 Å². The summed E-state index contributed by atoms with van der Waals surface area (Å²) in [5.74, 6) is -2.52. The molecular weight excluding hydrogens is 444 g/mol. The van der Waals surface area contributed by atoms with E-state index < -0.39 is 39.7 Å². The van der Waals surface area contributed by atoms with Crippen LogP contribution in [0.3, 0.4) is 0 Å². The number of carbonyl (C=O) groups excluding carboxylic acids is 1. The number of aliphatic carboxylic acids is 2. The summed E-state index contributed by atoms with van der Waals surface area (Å²) in [5.41, 5.74) is -3.57. The predicted octanol–water partition coefficient (Wildman–Crippen LogP) is 5.33. The van der Waals surface area contributed by atoms with E-state index in [-0.39, 0.29) is 28.6 Å². The molecule has 1 unspecified atom stereocenters. The molecule has 0 saturated heterocycles. The maximum absolute atomic E-state index is 12.8. The van der Waals surface area contributed by atoms with E-state index in [4.69, 9.17) is 0 Å². The van der Waals surface area contributed by atoms with E-state index in [9.17, 15) is 29.7 Å². The van der Waals surface area contributed by atoms with Crippen LogP contribution in [0.15, 0.2) is 11.6 Å². The quantitative estimate of drug-likeness (QED) is 0.364. The van der Waals surface area contributed by atoms with Crippen LogP contribution >= 0.6 is 0 Å². The van der Waals surface area contributed by atoms with E-state index in [1.807, 2.05) is 20.8 Å². The van der Waals surface area contributed by atoms with Crippen LogP contribution < -0.4 is 0 Å². The summed E-state index contributed by atoms with van der Waals surface area (Å²) >= 11 is 0. The number of aliphatic hydroxyl groups is 1. The van der Waals surface area contributed by atoms with Crippen LogP contribution in [0.4, 0.5) is 0 Å². The average molecular weight is 489 g/mol. The van der Waals surface area contributed by atoms with Crippen molar-refractivity contribution in [2.24, 2.45) is 50.7 Å². The molecule has 3 N–H and O–H groups in total. The normalized spacial score (nSPS) is 49.7. The molecule has 6 heteroatoms. The van der Waals surface area contributed by atoms with Gasteiger partial charge in [0.15, 0.2) is 0 Å². The lowest BCUT2D eigenvalue weighted by atomic mass is 9.34. The van der Waals surface area contributed by atoms with Gasteiger partial charge in [-0.05, 0) is 94.3 Å². The van der Waals surface area contributed by atoms with Gasteiger partial charge in [-0.2, -0.15) is 0 Å². The third-order valence-electron chi connectivity index (χ3n) is 12.3. The van der Waals surface area contributed by atoms with Crippen LogP contribution in [0, 0.1) is 50.7 Å². The second-order valence-electron chi connectivity index (χ2n) is 13.9. The Morgan fingerprint density at radius 3 is 2.20 bits per heavy atom. The zero-order valence-corrected chi connectivity index (χ0v) is 22.5. The van der Waals surface area contributed by atoms with Crippen molar-refractivity contribution in [3.63, 3.8) is 0 Å². The molecule has 0 aromatic rings. The van der Waals surface area contributed by atoms with E-state index in [1.165, 1.54) is 0 Å². The first kappa shape index (κ1) is 26.4. The molecule has 0 spiro atoms. The van der Waals surface area contributed by atoms with Crippen molar-refractivity contribution in [1.29, 1.82) is 0 Å².